The number of aromatic nitrogens is 1. The molecular formula is C25H29N5O4. The van der Waals surface area contributed by atoms with Gasteiger partial charge in [-0.3, -0.25) is 14.8 Å². The van der Waals surface area contributed by atoms with Crippen molar-refractivity contribution in [3.05, 3.63) is 35.5 Å². The van der Waals surface area contributed by atoms with Gasteiger partial charge in [0.05, 0.1) is 29.8 Å². The van der Waals surface area contributed by atoms with Crippen LogP contribution < -0.4 is 10.6 Å². The first kappa shape index (κ1) is 21.5. The number of rotatable bonds is 5. The second-order valence-corrected chi connectivity index (χ2v) is 9.90. The number of carbonyl (C=O) groups is 1. The maximum absolute atomic E-state index is 12.4. The summed E-state index contributed by atoms with van der Waals surface area (Å²) < 4.78 is 17.2. The molecule has 5 aliphatic rings. The quantitative estimate of drug-likeness (QED) is 0.412. The zero-order valence-electron chi connectivity index (χ0n) is 19.3. The topological polar surface area (TPSA) is 112 Å². The van der Waals surface area contributed by atoms with Crippen LogP contribution in [0.3, 0.4) is 0 Å². The van der Waals surface area contributed by atoms with E-state index in [2.05, 4.69) is 10.1 Å². The zero-order chi connectivity index (χ0) is 23.3. The molecule has 1 spiro atoms. The van der Waals surface area contributed by atoms with Crippen molar-refractivity contribution in [1.82, 2.24) is 9.88 Å². The van der Waals surface area contributed by atoms with Crippen LogP contribution in [-0.4, -0.2) is 71.3 Å². The lowest BCUT2D eigenvalue weighted by Gasteiger charge is -2.45. The molecule has 9 heteroatoms. The van der Waals surface area contributed by atoms with Gasteiger partial charge in [-0.15, -0.1) is 0 Å². The number of fused-ring (bicyclic) bond motifs is 3. The Morgan fingerprint density at radius 2 is 2.15 bits per heavy atom. The van der Waals surface area contributed by atoms with Crippen molar-refractivity contribution < 1.29 is 19.0 Å². The molecule has 1 unspecified atom stereocenters. The molecule has 1 atom stereocenters. The maximum Gasteiger partial charge on any atom is 0.249 e. The molecule has 1 aromatic carbocycles. The number of ether oxygens (including phenoxy) is 3. The summed E-state index contributed by atoms with van der Waals surface area (Å²) in [4.78, 5) is 23.8. The van der Waals surface area contributed by atoms with E-state index in [0.29, 0.717) is 32.1 Å². The van der Waals surface area contributed by atoms with Crippen molar-refractivity contribution in [3.63, 3.8) is 0 Å². The van der Waals surface area contributed by atoms with E-state index in [0.717, 1.165) is 47.9 Å². The van der Waals surface area contributed by atoms with Crippen molar-refractivity contribution in [2.75, 3.05) is 26.4 Å². The highest BCUT2D eigenvalue weighted by Gasteiger charge is 2.66. The van der Waals surface area contributed by atoms with Gasteiger partial charge in [0.1, 0.15) is 24.2 Å². The molecule has 178 valence electrons. The Balaban J connectivity index is 1.18. The number of pyridine rings is 1. The van der Waals surface area contributed by atoms with Gasteiger partial charge in [0, 0.05) is 30.9 Å². The first-order chi connectivity index (χ1) is 16.5. The number of hydrogen-bond donors (Lipinski definition) is 1. The third-order valence-corrected chi connectivity index (χ3v) is 7.72. The fraction of sp³-hybridized carbons (Fsp3) is 0.520. The highest BCUT2D eigenvalue weighted by Crippen LogP contribution is 2.57. The van der Waals surface area contributed by atoms with E-state index in [1.165, 1.54) is 5.56 Å². The smallest absolute Gasteiger partial charge is 0.249 e. The van der Waals surface area contributed by atoms with Gasteiger partial charge in [-0.25, -0.2) is 0 Å². The van der Waals surface area contributed by atoms with Crippen LogP contribution in [0.15, 0.2) is 34.5 Å². The number of aliphatic imine (C=N–C) groups is 1. The van der Waals surface area contributed by atoms with E-state index in [1.807, 2.05) is 36.2 Å². The highest BCUT2D eigenvalue weighted by molar-refractivity contribution is 6.32. The highest BCUT2D eigenvalue weighted by atomic mass is 16.5. The van der Waals surface area contributed by atoms with E-state index in [1.54, 1.807) is 6.21 Å². The number of nitrogens with zero attached hydrogens (tertiary/aromatic N) is 4. The first-order valence-electron chi connectivity index (χ1n) is 11.9. The second kappa shape index (κ2) is 8.02. The fourth-order valence-corrected chi connectivity index (χ4v) is 6.06. The number of hydrogen-bond acceptors (Lipinski definition) is 8. The number of carbonyl (C=O) groups excluding carboxylic acids is 1. The minimum absolute atomic E-state index is 0.0658. The van der Waals surface area contributed by atoms with Gasteiger partial charge in [-0.2, -0.15) is 5.10 Å². The zero-order valence-corrected chi connectivity index (χ0v) is 19.3. The SMILES string of the molecule is CC(Oc1ccc2ncc3c(c2c1)CCOC3)/C(C=NC12CN3C(=O)COCCC3(C1)C2)=N/N. The van der Waals surface area contributed by atoms with Crippen LogP contribution in [-0.2, 0) is 27.3 Å². The number of benzene rings is 1. The lowest BCUT2D eigenvalue weighted by Crippen LogP contribution is -2.52. The Morgan fingerprint density at radius 3 is 3.00 bits per heavy atom. The molecule has 2 aromatic rings. The molecule has 7 rings (SSSR count). The summed E-state index contributed by atoms with van der Waals surface area (Å²) in [5.41, 5.74) is 3.58. The predicted octanol–water partition coefficient (Wildman–Crippen LogP) is 1.99. The fourth-order valence-electron chi connectivity index (χ4n) is 6.06. The average Bonchev–Trinajstić information content (AvgIpc) is 3.27. The molecule has 4 aliphatic heterocycles. The van der Waals surface area contributed by atoms with Crippen LogP contribution in [0.5, 0.6) is 5.75 Å². The summed E-state index contributed by atoms with van der Waals surface area (Å²) in [7, 11) is 0. The summed E-state index contributed by atoms with van der Waals surface area (Å²) >= 11 is 0. The van der Waals surface area contributed by atoms with Crippen LogP contribution in [0, 0.1) is 0 Å². The van der Waals surface area contributed by atoms with E-state index in [-0.39, 0.29) is 29.7 Å². The Hall–Kier alpha value is -3.04. The van der Waals surface area contributed by atoms with Gasteiger partial charge in [0.25, 0.3) is 0 Å². The largest absolute Gasteiger partial charge is 0.484 e. The molecule has 9 nitrogen and oxygen atoms in total. The van der Waals surface area contributed by atoms with Gasteiger partial charge < -0.3 is 25.0 Å². The van der Waals surface area contributed by atoms with Crippen LogP contribution in [0.1, 0.15) is 37.3 Å². The monoisotopic (exact) mass is 463 g/mol. The first-order valence-corrected chi connectivity index (χ1v) is 11.9. The van der Waals surface area contributed by atoms with E-state index in [9.17, 15) is 4.79 Å². The number of hydrazone groups is 1. The minimum Gasteiger partial charge on any atom is -0.484 e. The normalized spacial score (nSPS) is 29.5. The third-order valence-electron chi connectivity index (χ3n) is 7.72. The summed E-state index contributed by atoms with van der Waals surface area (Å²) in [6.45, 7) is 4.65. The van der Waals surface area contributed by atoms with E-state index < -0.39 is 0 Å². The van der Waals surface area contributed by atoms with Gasteiger partial charge in [0.2, 0.25) is 5.91 Å². The van der Waals surface area contributed by atoms with Gasteiger partial charge >= 0.3 is 0 Å². The van der Waals surface area contributed by atoms with Crippen LogP contribution in [0.4, 0.5) is 0 Å². The molecule has 34 heavy (non-hydrogen) atoms. The molecule has 4 fully saturated rings. The lowest BCUT2D eigenvalue weighted by atomic mass is 9.66. The van der Waals surface area contributed by atoms with E-state index >= 15 is 0 Å². The Kier molecular flexibility index (Phi) is 5.07. The lowest BCUT2D eigenvalue weighted by molar-refractivity contribution is -0.136. The van der Waals surface area contributed by atoms with Gasteiger partial charge in [0.15, 0.2) is 0 Å². The maximum atomic E-state index is 12.4. The molecule has 0 radical (unpaired) electrons. The van der Waals surface area contributed by atoms with Crippen molar-refractivity contribution in [1.29, 1.82) is 0 Å². The molecule has 1 aromatic heterocycles. The van der Waals surface area contributed by atoms with Crippen LogP contribution >= 0.6 is 0 Å². The molecule has 1 amide bonds. The average molecular weight is 464 g/mol. The summed E-state index contributed by atoms with van der Waals surface area (Å²) in [5.74, 6) is 6.52. The van der Waals surface area contributed by atoms with Crippen molar-refractivity contribution in [2.24, 2.45) is 15.9 Å². The Labute approximate surface area is 198 Å². The standard InChI is InChI=1S/C25H29N5O4/c1-16(34-18-2-3-21-20(8-18)19-4-6-32-11-17(19)9-27-21)22(29-26)10-28-24-13-25(14-24)5-7-33-12-23(31)30(25)15-24/h2-3,8-10,16H,4-7,11-15,26H2,1H3/b28-10?,29-22+. The van der Waals surface area contributed by atoms with E-state index in [4.69, 9.17) is 25.0 Å². The minimum atomic E-state index is -0.380. The summed E-state index contributed by atoms with van der Waals surface area (Å²) in [6, 6.07) is 5.93. The Morgan fingerprint density at radius 1 is 1.29 bits per heavy atom. The van der Waals surface area contributed by atoms with Crippen LogP contribution in [0.25, 0.3) is 10.9 Å². The summed E-state index contributed by atoms with van der Waals surface area (Å²) in [6.07, 6.45) is 6.72. The molecule has 1 saturated carbocycles. The second-order valence-electron chi connectivity index (χ2n) is 9.90. The molecule has 2 N–H and O–H groups in total. The number of nitrogens with two attached hydrogens (primary N) is 1. The summed E-state index contributed by atoms with van der Waals surface area (Å²) in [5, 5.41) is 5.05. The van der Waals surface area contributed by atoms with Crippen molar-refractivity contribution >= 4 is 28.7 Å². The van der Waals surface area contributed by atoms with Crippen LogP contribution in [0.2, 0.25) is 0 Å². The molecule has 3 saturated heterocycles. The molecule has 2 bridgehead atoms. The number of amides is 1. The third kappa shape index (κ3) is 3.45. The Bertz CT molecular complexity index is 1200. The van der Waals surface area contributed by atoms with Gasteiger partial charge in [-0.05, 0) is 61.9 Å². The molecular weight excluding hydrogens is 434 g/mol. The molecule has 1 aliphatic carbocycles. The molecule has 5 heterocycles. The predicted molar refractivity (Wildman–Crippen MR) is 127 cm³/mol. The van der Waals surface area contributed by atoms with Gasteiger partial charge in [-0.1, -0.05) is 0 Å². The van der Waals surface area contributed by atoms with Crippen molar-refractivity contribution in [3.8, 4) is 5.75 Å². The van der Waals surface area contributed by atoms with Crippen molar-refractivity contribution in [2.45, 2.75) is 56.4 Å².